The molecule has 1 aromatic carbocycles. The number of methoxy groups -OCH3 is 2. The van der Waals surface area contributed by atoms with E-state index in [2.05, 4.69) is 41.6 Å². The van der Waals surface area contributed by atoms with Crippen molar-refractivity contribution in [1.29, 1.82) is 0 Å². The second-order valence-electron chi connectivity index (χ2n) is 8.99. The lowest BCUT2D eigenvalue weighted by Crippen LogP contribution is -3.14. The maximum absolute atomic E-state index is 6.55. The molecule has 4 heterocycles. The van der Waals surface area contributed by atoms with Crippen LogP contribution in [0.3, 0.4) is 0 Å². The highest BCUT2D eigenvalue weighted by molar-refractivity contribution is 6.41. The fourth-order valence-corrected chi connectivity index (χ4v) is 4.89. The van der Waals surface area contributed by atoms with Gasteiger partial charge in [0.15, 0.2) is 5.82 Å². The average molecular weight is 584 g/mol. The molecule has 13 heteroatoms. The van der Waals surface area contributed by atoms with Gasteiger partial charge in [-0.15, -0.1) is 0 Å². The Morgan fingerprint density at radius 1 is 0.875 bits per heavy atom. The zero-order chi connectivity index (χ0) is 27.9. The summed E-state index contributed by atoms with van der Waals surface area (Å²) in [6.45, 7) is 4.85. The van der Waals surface area contributed by atoms with E-state index in [1.165, 1.54) is 26.1 Å². The first-order valence-electron chi connectivity index (χ1n) is 12.7. The van der Waals surface area contributed by atoms with Gasteiger partial charge in [-0.2, -0.15) is 0 Å². The Kier molecular flexibility index (Phi) is 9.07. The SMILES string of the molecule is COc1cc(OC)c(Cl)c(Nc2nccnc2-c2cc(Nc3ccc(CC[NH+]4CCOCC4)cn3)ncn2)c1Cl. The predicted octanol–water partition coefficient (Wildman–Crippen LogP) is 3.60. The molecule has 0 aliphatic carbocycles. The molecule has 4 aromatic rings. The van der Waals surface area contributed by atoms with E-state index < -0.39 is 0 Å². The number of quaternary nitrogens is 1. The molecule has 0 atom stereocenters. The number of ether oxygens (including phenoxy) is 3. The summed E-state index contributed by atoms with van der Waals surface area (Å²) in [5.41, 5.74) is 2.55. The number of hydrogen-bond donors (Lipinski definition) is 3. The van der Waals surface area contributed by atoms with Crippen LogP contribution in [0.25, 0.3) is 11.4 Å². The Bertz CT molecular complexity index is 1420. The molecule has 1 saturated heterocycles. The molecule has 1 fully saturated rings. The number of aromatic nitrogens is 5. The van der Waals surface area contributed by atoms with E-state index in [0.29, 0.717) is 46.0 Å². The number of pyridine rings is 1. The minimum atomic E-state index is 0.274. The van der Waals surface area contributed by atoms with Gasteiger partial charge in [0.1, 0.15) is 58.3 Å². The first-order chi connectivity index (χ1) is 19.6. The zero-order valence-electron chi connectivity index (χ0n) is 22.1. The predicted molar refractivity (Wildman–Crippen MR) is 154 cm³/mol. The van der Waals surface area contributed by atoms with Crippen LogP contribution in [0.4, 0.5) is 23.1 Å². The Balaban J connectivity index is 1.33. The van der Waals surface area contributed by atoms with E-state index in [1.54, 1.807) is 29.4 Å². The topological polar surface area (TPSA) is 121 Å². The Morgan fingerprint density at radius 2 is 1.62 bits per heavy atom. The van der Waals surface area contributed by atoms with Gasteiger partial charge in [0.25, 0.3) is 0 Å². The van der Waals surface area contributed by atoms with Gasteiger partial charge in [0.05, 0.1) is 45.4 Å². The van der Waals surface area contributed by atoms with Crippen molar-refractivity contribution in [2.24, 2.45) is 0 Å². The fraction of sp³-hybridized carbons (Fsp3) is 0.296. The third-order valence-electron chi connectivity index (χ3n) is 6.47. The van der Waals surface area contributed by atoms with Crippen LogP contribution in [0.5, 0.6) is 11.5 Å². The molecule has 3 N–H and O–H groups in total. The van der Waals surface area contributed by atoms with E-state index in [9.17, 15) is 0 Å². The summed E-state index contributed by atoms with van der Waals surface area (Å²) in [5, 5.41) is 6.95. The van der Waals surface area contributed by atoms with Crippen LogP contribution < -0.4 is 25.0 Å². The number of halogens is 2. The Hall–Kier alpha value is -3.77. The normalized spacial score (nSPS) is 13.6. The maximum atomic E-state index is 6.55. The van der Waals surface area contributed by atoms with E-state index in [-0.39, 0.29) is 10.0 Å². The molecule has 0 spiro atoms. The average Bonchev–Trinajstić information content (AvgIpc) is 3.00. The minimum Gasteiger partial charge on any atom is -0.495 e. The lowest BCUT2D eigenvalue weighted by atomic mass is 10.2. The zero-order valence-corrected chi connectivity index (χ0v) is 23.6. The van der Waals surface area contributed by atoms with Crippen LogP contribution in [0.2, 0.25) is 10.0 Å². The summed E-state index contributed by atoms with van der Waals surface area (Å²) in [6, 6.07) is 7.41. The van der Waals surface area contributed by atoms with Gasteiger partial charge >= 0.3 is 0 Å². The molecule has 0 unspecified atom stereocenters. The van der Waals surface area contributed by atoms with E-state index in [4.69, 9.17) is 37.4 Å². The molecule has 1 aliphatic heterocycles. The molecular formula is C27H29Cl2N8O3+. The van der Waals surface area contributed by atoms with Crippen LogP contribution in [-0.2, 0) is 11.2 Å². The molecule has 0 bridgehead atoms. The third-order valence-corrected chi connectivity index (χ3v) is 7.22. The lowest BCUT2D eigenvalue weighted by molar-refractivity contribution is -0.907. The smallest absolute Gasteiger partial charge is 0.158 e. The van der Waals surface area contributed by atoms with Gasteiger partial charge in [0.2, 0.25) is 0 Å². The standard InChI is InChI=1S/C27H28Cl2N8O3/c1-38-19-14-20(39-2)24(29)26(23(19)28)36-27-25(30-6-7-31-27)18-13-22(34-16-33-18)35-21-4-3-17(15-32-21)5-8-37-9-11-40-12-10-37/h3-4,6-7,13-16H,5,8-12H2,1-2H3,(H,31,36)(H,32,33,34,35)/p+1. The van der Waals surface area contributed by atoms with Crippen LogP contribution in [0, 0.1) is 0 Å². The Labute approximate surface area is 241 Å². The summed E-state index contributed by atoms with van der Waals surface area (Å²) >= 11 is 13.1. The van der Waals surface area contributed by atoms with Gasteiger partial charge in [-0.1, -0.05) is 29.3 Å². The number of morpholine rings is 1. The lowest BCUT2D eigenvalue weighted by Gasteiger charge is -2.23. The summed E-state index contributed by atoms with van der Waals surface area (Å²) in [4.78, 5) is 23.8. The van der Waals surface area contributed by atoms with Crippen molar-refractivity contribution in [1.82, 2.24) is 24.9 Å². The quantitative estimate of drug-likeness (QED) is 0.255. The fourth-order valence-electron chi connectivity index (χ4n) is 4.29. The third kappa shape index (κ3) is 6.50. The largest absolute Gasteiger partial charge is 0.495 e. The monoisotopic (exact) mass is 583 g/mol. The number of anilines is 4. The highest BCUT2D eigenvalue weighted by Gasteiger charge is 2.20. The number of benzene rings is 1. The molecule has 1 aliphatic rings. The van der Waals surface area contributed by atoms with E-state index >= 15 is 0 Å². The first-order valence-corrected chi connectivity index (χ1v) is 13.4. The van der Waals surface area contributed by atoms with Crippen molar-refractivity contribution in [2.75, 3.05) is 57.7 Å². The molecule has 0 amide bonds. The molecule has 0 radical (unpaired) electrons. The molecule has 3 aromatic heterocycles. The van der Waals surface area contributed by atoms with Crippen LogP contribution in [0.1, 0.15) is 5.56 Å². The molecule has 208 valence electrons. The van der Waals surface area contributed by atoms with Crippen LogP contribution in [0.15, 0.2) is 49.2 Å². The molecular weight excluding hydrogens is 555 g/mol. The van der Waals surface area contributed by atoms with Crippen molar-refractivity contribution >= 4 is 46.3 Å². The number of rotatable bonds is 10. The minimum absolute atomic E-state index is 0.274. The second-order valence-corrected chi connectivity index (χ2v) is 9.75. The van der Waals surface area contributed by atoms with Crippen molar-refractivity contribution in [2.45, 2.75) is 6.42 Å². The first kappa shape index (κ1) is 27.8. The summed E-state index contributed by atoms with van der Waals surface area (Å²) in [7, 11) is 3.02. The summed E-state index contributed by atoms with van der Waals surface area (Å²) < 4.78 is 16.2. The van der Waals surface area contributed by atoms with Crippen molar-refractivity contribution in [3.63, 3.8) is 0 Å². The molecule has 40 heavy (non-hydrogen) atoms. The highest BCUT2D eigenvalue weighted by atomic mass is 35.5. The van der Waals surface area contributed by atoms with Crippen LogP contribution in [-0.4, -0.2) is 72.0 Å². The highest BCUT2D eigenvalue weighted by Crippen LogP contribution is 2.45. The van der Waals surface area contributed by atoms with Gasteiger partial charge in [0, 0.05) is 37.1 Å². The second kappa shape index (κ2) is 13.1. The Morgan fingerprint density at radius 3 is 2.33 bits per heavy atom. The van der Waals surface area contributed by atoms with E-state index in [0.717, 1.165) is 39.3 Å². The van der Waals surface area contributed by atoms with Gasteiger partial charge in [-0.25, -0.2) is 24.9 Å². The molecule has 11 nitrogen and oxygen atoms in total. The summed E-state index contributed by atoms with van der Waals surface area (Å²) in [5.74, 6) is 2.40. The van der Waals surface area contributed by atoms with Crippen LogP contribution >= 0.6 is 23.2 Å². The van der Waals surface area contributed by atoms with Gasteiger partial charge in [-0.05, 0) is 11.6 Å². The number of nitrogens with zero attached hydrogens (tertiary/aromatic N) is 5. The number of nitrogens with one attached hydrogen (secondary N) is 3. The van der Waals surface area contributed by atoms with E-state index in [1.807, 2.05) is 12.3 Å². The molecule has 0 saturated carbocycles. The van der Waals surface area contributed by atoms with Gasteiger partial charge < -0.3 is 29.7 Å². The van der Waals surface area contributed by atoms with Crippen molar-refractivity contribution < 1.29 is 19.1 Å². The van der Waals surface area contributed by atoms with Crippen molar-refractivity contribution in [3.8, 4) is 22.9 Å². The van der Waals surface area contributed by atoms with Crippen molar-refractivity contribution in [3.05, 3.63) is 64.8 Å². The van der Waals surface area contributed by atoms with Gasteiger partial charge in [-0.3, -0.25) is 0 Å². The molecule has 5 rings (SSSR count). The maximum Gasteiger partial charge on any atom is 0.158 e. The number of hydrogen-bond acceptors (Lipinski definition) is 10. The summed E-state index contributed by atoms with van der Waals surface area (Å²) in [6.07, 6.45) is 7.44.